The van der Waals surface area contributed by atoms with Gasteiger partial charge in [0.25, 0.3) is 6.01 Å². The second kappa shape index (κ2) is 5.43. The minimum atomic E-state index is -0.955. The van der Waals surface area contributed by atoms with Crippen LogP contribution in [0.2, 0.25) is 0 Å². The number of rotatable bonds is 5. The Kier molecular flexibility index (Phi) is 3.70. The van der Waals surface area contributed by atoms with Crippen LogP contribution in [0.4, 0.5) is 11.7 Å². The van der Waals surface area contributed by atoms with Crippen molar-refractivity contribution in [2.24, 2.45) is 0 Å². The summed E-state index contributed by atoms with van der Waals surface area (Å²) in [5, 5.41) is 11.7. The number of benzene rings is 1. The quantitative estimate of drug-likeness (QED) is 0.860. The molecule has 19 heavy (non-hydrogen) atoms. The number of aryl methyl sites for hydroxylation is 1. The molecule has 6 heteroatoms. The zero-order valence-electron chi connectivity index (χ0n) is 10.6. The van der Waals surface area contributed by atoms with Gasteiger partial charge in [0.2, 0.25) is 0 Å². The van der Waals surface area contributed by atoms with Crippen molar-refractivity contribution in [3.63, 3.8) is 0 Å². The molecule has 0 aliphatic rings. The molecule has 100 valence electrons. The van der Waals surface area contributed by atoms with Gasteiger partial charge in [0.1, 0.15) is 17.9 Å². The normalized spacial score (nSPS) is 10.2. The number of carboxylic acids is 1. The van der Waals surface area contributed by atoms with Gasteiger partial charge in [-0.05, 0) is 19.1 Å². The summed E-state index contributed by atoms with van der Waals surface area (Å²) < 4.78 is 10.6. The number of aromatic nitrogens is 1. The van der Waals surface area contributed by atoms with E-state index >= 15 is 0 Å². The predicted molar refractivity (Wildman–Crippen MR) is 68.9 cm³/mol. The van der Waals surface area contributed by atoms with Crippen LogP contribution < -0.4 is 10.1 Å². The molecular formula is C13H14N2O4. The van der Waals surface area contributed by atoms with E-state index in [2.05, 4.69) is 10.3 Å². The fourth-order valence-corrected chi connectivity index (χ4v) is 1.65. The third kappa shape index (κ3) is 3.04. The summed E-state index contributed by atoms with van der Waals surface area (Å²) in [6, 6.07) is 7.56. The molecule has 0 saturated heterocycles. The van der Waals surface area contributed by atoms with Crippen molar-refractivity contribution >= 4 is 17.7 Å². The first kappa shape index (κ1) is 12.9. The van der Waals surface area contributed by atoms with E-state index in [9.17, 15) is 4.79 Å². The first-order valence-electron chi connectivity index (χ1n) is 5.68. The Labute approximate surface area is 110 Å². The maximum Gasteiger partial charge on any atom is 0.311 e. The highest BCUT2D eigenvalue weighted by molar-refractivity contribution is 5.70. The van der Waals surface area contributed by atoms with Crippen molar-refractivity contribution in [2.45, 2.75) is 13.3 Å². The van der Waals surface area contributed by atoms with Gasteiger partial charge in [0.15, 0.2) is 0 Å². The number of nitrogens with zero attached hydrogens (tertiary/aromatic N) is 1. The lowest BCUT2D eigenvalue weighted by Gasteiger charge is -2.07. The second-order valence-corrected chi connectivity index (χ2v) is 3.92. The van der Waals surface area contributed by atoms with E-state index in [-0.39, 0.29) is 12.4 Å². The van der Waals surface area contributed by atoms with Gasteiger partial charge in [-0.2, -0.15) is 4.98 Å². The van der Waals surface area contributed by atoms with Crippen molar-refractivity contribution in [3.8, 4) is 5.75 Å². The third-order valence-corrected chi connectivity index (χ3v) is 2.55. The standard InChI is InChI=1S/C13H14N2O4/c1-8-11(7-12(16)17)19-13(14-8)15-9-5-3-4-6-10(9)18-2/h3-6H,7H2,1-2H3,(H,14,15)(H,16,17). The number of carboxylic acid groups (broad SMARTS) is 1. The number of anilines is 2. The van der Waals surface area contributed by atoms with Crippen molar-refractivity contribution in [2.75, 3.05) is 12.4 Å². The lowest BCUT2D eigenvalue weighted by molar-refractivity contribution is -0.136. The van der Waals surface area contributed by atoms with E-state index in [1.54, 1.807) is 20.1 Å². The molecule has 0 aliphatic heterocycles. The molecule has 2 rings (SSSR count). The van der Waals surface area contributed by atoms with Gasteiger partial charge < -0.3 is 19.6 Å². The Morgan fingerprint density at radius 3 is 2.89 bits per heavy atom. The molecule has 0 fully saturated rings. The van der Waals surface area contributed by atoms with Gasteiger partial charge in [-0.15, -0.1) is 0 Å². The van der Waals surface area contributed by atoms with E-state index in [1.807, 2.05) is 18.2 Å². The number of nitrogens with one attached hydrogen (secondary N) is 1. The Morgan fingerprint density at radius 1 is 1.47 bits per heavy atom. The van der Waals surface area contributed by atoms with Gasteiger partial charge in [0, 0.05) is 0 Å². The van der Waals surface area contributed by atoms with Crippen LogP contribution in [0.5, 0.6) is 5.75 Å². The van der Waals surface area contributed by atoms with Crippen LogP contribution in [0.25, 0.3) is 0 Å². The minimum absolute atomic E-state index is 0.188. The fourth-order valence-electron chi connectivity index (χ4n) is 1.65. The monoisotopic (exact) mass is 262 g/mol. The molecule has 0 bridgehead atoms. The molecule has 6 nitrogen and oxygen atoms in total. The highest BCUT2D eigenvalue weighted by Gasteiger charge is 2.13. The Balaban J connectivity index is 2.21. The number of methoxy groups -OCH3 is 1. The average molecular weight is 262 g/mol. The lowest BCUT2D eigenvalue weighted by Crippen LogP contribution is -1.99. The van der Waals surface area contributed by atoms with Crippen LogP contribution in [0.15, 0.2) is 28.7 Å². The number of ether oxygens (including phenoxy) is 1. The minimum Gasteiger partial charge on any atom is -0.495 e. The van der Waals surface area contributed by atoms with E-state index in [0.29, 0.717) is 22.9 Å². The summed E-state index contributed by atoms with van der Waals surface area (Å²) in [5.41, 5.74) is 1.26. The topological polar surface area (TPSA) is 84.6 Å². The molecule has 0 saturated carbocycles. The van der Waals surface area contributed by atoms with E-state index < -0.39 is 5.97 Å². The van der Waals surface area contributed by atoms with Gasteiger partial charge >= 0.3 is 5.97 Å². The van der Waals surface area contributed by atoms with Crippen LogP contribution >= 0.6 is 0 Å². The Hall–Kier alpha value is -2.50. The number of oxazole rings is 1. The summed E-state index contributed by atoms with van der Waals surface area (Å²) >= 11 is 0. The predicted octanol–water partition coefficient (Wildman–Crippen LogP) is 2.36. The lowest BCUT2D eigenvalue weighted by atomic mass is 10.3. The van der Waals surface area contributed by atoms with Crippen LogP contribution in [0, 0.1) is 6.92 Å². The maximum absolute atomic E-state index is 10.7. The molecule has 0 aliphatic carbocycles. The molecule has 2 aromatic rings. The highest BCUT2D eigenvalue weighted by atomic mass is 16.5. The molecule has 0 unspecified atom stereocenters. The van der Waals surface area contributed by atoms with E-state index in [4.69, 9.17) is 14.3 Å². The molecule has 0 amide bonds. The maximum atomic E-state index is 10.7. The second-order valence-electron chi connectivity index (χ2n) is 3.92. The molecular weight excluding hydrogens is 248 g/mol. The highest BCUT2D eigenvalue weighted by Crippen LogP contribution is 2.27. The zero-order chi connectivity index (χ0) is 13.8. The van der Waals surface area contributed by atoms with Crippen LogP contribution in [0.1, 0.15) is 11.5 Å². The van der Waals surface area contributed by atoms with Gasteiger partial charge in [-0.3, -0.25) is 4.79 Å². The number of hydrogen-bond acceptors (Lipinski definition) is 5. The summed E-state index contributed by atoms with van der Waals surface area (Å²) in [6.07, 6.45) is -0.188. The Bertz CT molecular complexity index is 592. The molecule has 1 aromatic heterocycles. The van der Waals surface area contributed by atoms with Crippen LogP contribution in [-0.2, 0) is 11.2 Å². The van der Waals surface area contributed by atoms with Gasteiger partial charge in [0.05, 0.1) is 18.5 Å². The number of hydrogen-bond donors (Lipinski definition) is 2. The van der Waals surface area contributed by atoms with Crippen molar-refractivity contribution in [1.82, 2.24) is 4.98 Å². The summed E-state index contributed by atoms with van der Waals surface area (Å²) in [4.78, 5) is 14.8. The number of para-hydroxylation sites is 2. The number of aliphatic carboxylic acids is 1. The molecule has 2 N–H and O–H groups in total. The summed E-state index contributed by atoms with van der Waals surface area (Å²) in [6.45, 7) is 1.70. The Morgan fingerprint density at radius 2 is 2.21 bits per heavy atom. The van der Waals surface area contributed by atoms with Crippen molar-refractivity contribution in [3.05, 3.63) is 35.7 Å². The van der Waals surface area contributed by atoms with E-state index in [1.165, 1.54) is 0 Å². The summed E-state index contributed by atoms with van der Waals surface area (Å²) in [7, 11) is 1.57. The van der Waals surface area contributed by atoms with Crippen LogP contribution in [0.3, 0.4) is 0 Å². The zero-order valence-corrected chi connectivity index (χ0v) is 10.6. The molecule has 0 spiro atoms. The SMILES string of the molecule is COc1ccccc1Nc1nc(C)c(CC(=O)O)o1. The summed E-state index contributed by atoms with van der Waals surface area (Å²) in [5.74, 6) is 0.0335. The fraction of sp³-hybridized carbons (Fsp3) is 0.231. The van der Waals surface area contributed by atoms with Crippen molar-refractivity contribution < 1.29 is 19.1 Å². The van der Waals surface area contributed by atoms with E-state index in [0.717, 1.165) is 0 Å². The van der Waals surface area contributed by atoms with Gasteiger partial charge in [-0.1, -0.05) is 12.1 Å². The third-order valence-electron chi connectivity index (χ3n) is 2.55. The molecule has 1 aromatic carbocycles. The molecule has 0 radical (unpaired) electrons. The number of carbonyl (C=O) groups is 1. The largest absolute Gasteiger partial charge is 0.495 e. The molecule has 0 atom stereocenters. The van der Waals surface area contributed by atoms with Crippen LogP contribution in [-0.4, -0.2) is 23.2 Å². The average Bonchev–Trinajstić information content (AvgIpc) is 2.69. The smallest absolute Gasteiger partial charge is 0.311 e. The van der Waals surface area contributed by atoms with Crippen molar-refractivity contribution in [1.29, 1.82) is 0 Å². The van der Waals surface area contributed by atoms with Gasteiger partial charge in [-0.25, -0.2) is 0 Å². The molecule has 1 heterocycles. The first-order chi connectivity index (χ1) is 9.10. The first-order valence-corrected chi connectivity index (χ1v) is 5.68.